The van der Waals surface area contributed by atoms with E-state index in [-0.39, 0.29) is 18.3 Å². The first-order chi connectivity index (χ1) is 9.02. The second kappa shape index (κ2) is 7.74. The molecule has 0 aliphatic heterocycles. The summed E-state index contributed by atoms with van der Waals surface area (Å²) in [5, 5.41) is 5.64. The zero-order valence-electron chi connectivity index (χ0n) is 11.6. The third-order valence-corrected chi connectivity index (χ3v) is 2.52. The fourth-order valence-electron chi connectivity index (χ4n) is 1.49. The van der Waals surface area contributed by atoms with Crippen molar-refractivity contribution in [3.63, 3.8) is 0 Å². The fraction of sp³-hybridized carbons (Fsp3) is 0.500. The van der Waals surface area contributed by atoms with Gasteiger partial charge in [0.15, 0.2) is 18.2 Å². The van der Waals surface area contributed by atoms with Gasteiger partial charge >= 0.3 is 0 Å². The van der Waals surface area contributed by atoms with Gasteiger partial charge in [-0.25, -0.2) is 4.39 Å². The molecule has 0 spiro atoms. The molecule has 5 heteroatoms. The van der Waals surface area contributed by atoms with Crippen LogP contribution in [0.4, 0.5) is 4.39 Å². The van der Waals surface area contributed by atoms with Crippen LogP contribution in [-0.2, 0) is 11.3 Å². The van der Waals surface area contributed by atoms with E-state index in [0.29, 0.717) is 12.5 Å². The highest BCUT2D eigenvalue weighted by Crippen LogP contribution is 2.18. The molecule has 0 aliphatic carbocycles. The van der Waals surface area contributed by atoms with Gasteiger partial charge in [-0.3, -0.25) is 4.79 Å². The van der Waals surface area contributed by atoms with Crippen LogP contribution in [0, 0.1) is 11.7 Å². The molecule has 106 valence electrons. The van der Waals surface area contributed by atoms with Crippen LogP contribution in [0.25, 0.3) is 0 Å². The van der Waals surface area contributed by atoms with Gasteiger partial charge in [0.1, 0.15) is 0 Å². The summed E-state index contributed by atoms with van der Waals surface area (Å²) >= 11 is 0. The van der Waals surface area contributed by atoms with Crippen LogP contribution >= 0.6 is 0 Å². The first kappa shape index (κ1) is 15.4. The number of benzene rings is 1. The molecule has 2 N–H and O–H groups in total. The molecule has 0 heterocycles. The van der Waals surface area contributed by atoms with Crippen LogP contribution in [0.15, 0.2) is 18.2 Å². The van der Waals surface area contributed by atoms with E-state index >= 15 is 0 Å². The van der Waals surface area contributed by atoms with E-state index in [2.05, 4.69) is 24.5 Å². The summed E-state index contributed by atoms with van der Waals surface area (Å²) in [6.07, 6.45) is 0. The minimum Gasteiger partial charge on any atom is -0.481 e. The van der Waals surface area contributed by atoms with E-state index in [1.54, 1.807) is 12.1 Å². The van der Waals surface area contributed by atoms with Crippen LogP contribution in [0.1, 0.15) is 19.4 Å². The largest absolute Gasteiger partial charge is 0.481 e. The van der Waals surface area contributed by atoms with Crippen molar-refractivity contribution < 1.29 is 13.9 Å². The molecule has 0 unspecified atom stereocenters. The van der Waals surface area contributed by atoms with Gasteiger partial charge in [-0.05, 0) is 30.2 Å². The van der Waals surface area contributed by atoms with Crippen LogP contribution in [0.2, 0.25) is 0 Å². The Hall–Kier alpha value is -1.62. The number of carbonyl (C=O) groups is 1. The first-order valence-corrected chi connectivity index (χ1v) is 6.35. The van der Waals surface area contributed by atoms with Gasteiger partial charge in [-0.15, -0.1) is 0 Å². The zero-order chi connectivity index (χ0) is 14.3. The van der Waals surface area contributed by atoms with E-state index in [1.807, 2.05) is 0 Å². The van der Waals surface area contributed by atoms with E-state index < -0.39 is 5.82 Å². The summed E-state index contributed by atoms with van der Waals surface area (Å²) in [6, 6.07) is 4.76. The predicted molar refractivity (Wildman–Crippen MR) is 72.5 cm³/mol. The summed E-state index contributed by atoms with van der Waals surface area (Å²) in [7, 11) is 1.51. The summed E-state index contributed by atoms with van der Waals surface area (Å²) in [4.78, 5) is 11.0. The summed E-state index contributed by atoms with van der Waals surface area (Å²) < 4.78 is 18.8. The third-order valence-electron chi connectivity index (χ3n) is 2.52. The number of likely N-dealkylation sites (N-methyl/N-ethyl adjacent to an activating group) is 1. The van der Waals surface area contributed by atoms with E-state index in [0.717, 1.165) is 12.1 Å². The lowest BCUT2D eigenvalue weighted by Gasteiger charge is -2.10. The van der Waals surface area contributed by atoms with Gasteiger partial charge in [0, 0.05) is 13.6 Å². The summed E-state index contributed by atoms with van der Waals surface area (Å²) in [6.45, 7) is 5.55. The Morgan fingerprint density at radius 2 is 2.16 bits per heavy atom. The monoisotopic (exact) mass is 268 g/mol. The molecule has 0 saturated heterocycles. The van der Waals surface area contributed by atoms with Crippen molar-refractivity contribution in [1.82, 2.24) is 10.6 Å². The Labute approximate surface area is 113 Å². The van der Waals surface area contributed by atoms with Crippen molar-refractivity contribution in [1.29, 1.82) is 0 Å². The molecule has 19 heavy (non-hydrogen) atoms. The van der Waals surface area contributed by atoms with Crippen LogP contribution < -0.4 is 15.4 Å². The number of rotatable bonds is 7. The smallest absolute Gasteiger partial charge is 0.257 e. The molecule has 0 bridgehead atoms. The Morgan fingerprint density at radius 1 is 1.42 bits per heavy atom. The number of halogens is 1. The molecule has 0 aliphatic rings. The molecule has 4 nitrogen and oxygen atoms in total. The molecule has 1 aromatic carbocycles. The average Bonchev–Trinajstić information content (AvgIpc) is 2.37. The van der Waals surface area contributed by atoms with Crippen molar-refractivity contribution in [2.45, 2.75) is 20.4 Å². The number of amides is 1. The molecule has 0 radical (unpaired) electrons. The number of nitrogens with one attached hydrogen (secondary N) is 2. The standard InChI is InChI=1S/C14H21FN2O2/c1-10(2)7-17-8-11-4-5-13(12(15)6-11)19-9-14(18)16-3/h4-6,10,17H,7-9H2,1-3H3,(H,16,18). The van der Waals surface area contributed by atoms with Gasteiger partial charge in [0.05, 0.1) is 0 Å². The van der Waals surface area contributed by atoms with Crippen molar-refractivity contribution >= 4 is 5.91 Å². The van der Waals surface area contributed by atoms with Gasteiger partial charge in [-0.1, -0.05) is 19.9 Å². The van der Waals surface area contributed by atoms with Crippen molar-refractivity contribution in [2.24, 2.45) is 5.92 Å². The minimum absolute atomic E-state index is 0.0937. The Balaban J connectivity index is 2.51. The van der Waals surface area contributed by atoms with Gasteiger partial charge in [0.2, 0.25) is 0 Å². The Bertz CT molecular complexity index is 422. The number of ether oxygens (including phenoxy) is 1. The van der Waals surface area contributed by atoms with Crippen LogP contribution in [0.5, 0.6) is 5.75 Å². The van der Waals surface area contributed by atoms with E-state index in [1.165, 1.54) is 13.1 Å². The molecular formula is C14H21FN2O2. The molecule has 1 rings (SSSR count). The molecule has 1 amide bonds. The lowest BCUT2D eigenvalue weighted by atomic mass is 10.2. The van der Waals surface area contributed by atoms with Gasteiger partial charge in [0.25, 0.3) is 5.91 Å². The van der Waals surface area contributed by atoms with Crippen LogP contribution in [-0.4, -0.2) is 26.1 Å². The number of carbonyl (C=O) groups excluding carboxylic acids is 1. The molecule has 1 aromatic rings. The van der Waals surface area contributed by atoms with E-state index in [9.17, 15) is 9.18 Å². The summed E-state index contributed by atoms with van der Waals surface area (Å²) in [5.74, 6) is -0.0916. The second-order valence-electron chi connectivity index (χ2n) is 4.75. The minimum atomic E-state index is -0.451. The zero-order valence-corrected chi connectivity index (χ0v) is 11.6. The molecule has 0 atom stereocenters. The Morgan fingerprint density at radius 3 is 2.74 bits per heavy atom. The van der Waals surface area contributed by atoms with Crippen molar-refractivity contribution in [3.05, 3.63) is 29.6 Å². The third kappa shape index (κ3) is 5.70. The van der Waals surface area contributed by atoms with Crippen molar-refractivity contribution in [3.8, 4) is 5.75 Å². The predicted octanol–water partition coefficient (Wildman–Crippen LogP) is 1.70. The lowest BCUT2D eigenvalue weighted by Crippen LogP contribution is -2.25. The van der Waals surface area contributed by atoms with Gasteiger partial charge in [-0.2, -0.15) is 0 Å². The number of hydrogen-bond acceptors (Lipinski definition) is 3. The summed E-state index contributed by atoms with van der Waals surface area (Å²) in [5.41, 5.74) is 0.852. The van der Waals surface area contributed by atoms with E-state index in [4.69, 9.17) is 4.74 Å². The maximum Gasteiger partial charge on any atom is 0.257 e. The average molecular weight is 268 g/mol. The topological polar surface area (TPSA) is 50.4 Å². The highest BCUT2D eigenvalue weighted by molar-refractivity contribution is 5.77. The highest BCUT2D eigenvalue weighted by atomic mass is 19.1. The maximum atomic E-state index is 13.7. The van der Waals surface area contributed by atoms with Crippen LogP contribution in [0.3, 0.4) is 0 Å². The van der Waals surface area contributed by atoms with Crippen molar-refractivity contribution in [2.75, 3.05) is 20.2 Å². The molecule has 0 fully saturated rings. The lowest BCUT2D eigenvalue weighted by molar-refractivity contribution is -0.122. The van der Waals surface area contributed by atoms with Gasteiger partial charge < -0.3 is 15.4 Å². The quantitative estimate of drug-likeness (QED) is 0.791. The fourth-order valence-corrected chi connectivity index (χ4v) is 1.49. The molecule has 0 saturated carbocycles. The molecular weight excluding hydrogens is 247 g/mol. The second-order valence-corrected chi connectivity index (χ2v) is 4.75. The molecule has 0 aromatic heterocycles. The number of hydrogen-bond donors (Lipinski definition) is 2. The first-order valence-electron chi connectivity index (χ1n) is 6.35. The Kier molecular flexibility index (Phi) is 6.29. The highest BCUT2D eigenvalue weighted by Gasteiger charge is 2.07. The maximum absolute atomic E-state index is 13.7. The SMILES string of the molecule is CNC(=O)COc1ccc(CNCC(C)C)cc1F. The normalized spacial score (nSPS) is 10.6.